The quantitative estimate of drug-likeness (QED) is 0.534. The lowest BCUT2D eigenvalue weighted by Gasteiger charge is -2.31. The maximum absolute atomic E-state index is 13.0. The molecule has 3 N–H and O–H groups in total. The maximum Gasteiger partial charge on any atom is 0.408 e. The third-order valence-corrected chi connectivity index (χ3v) is 6.74. The molecule has 2 amide bonds. The third-order valence-electron chi connectivity index (χ3n) is 6.74. The van der Waals surface area contributed by atoms with Crippen LogP contribution in [0, 0.1) is 5.92 Å². The van der Waals surface area contributed by atoms with E-state index in [9.17, 15) is 14.4 Å². The molecule has 2 unspecified atom stereocenters. The highest BCUT2D eigenvalue weighted by atomic mass is 16.5. The molecule has 2 aliphatic carbocycles. The number of amides is 2. The van der Waals surface area contributed by atoms with Crippen LogP contribution in [0.15, 0.2) is 48.5 Å². The van der Waals surface area contributed by atoms with Gasteiger partial charge >= 0.3 is 12.1 Å². The van der Waals surface area contributed by atoms with Crippen molar-refractivity contribution in [2.24, 2.45) is 5.92 Å². The Bertz CT molecular complexity index is 1020. The topological polar surface area (TPSA) is 105 Å². The fraction of sp³-hybridized carbons (Fsp3) is 0.423. The fourth-order valence-corrected chi connectivity index (χ4v) is 4.64. The number of carboxylic acid groups (broad SMARTS) is 1. The van der Waals surface area contributed by atoms with E-state index in [1.807, 2.05) is 24.3 Å². The second-order valence-corrected chi connectivity index (χ2v) is 9.23. The number of carboxylic acids is 1. The number of hydrogen-bond acceptors (Lipinski definition) is 4. The summed E-state index contributed by atoms with van der Waals surface area (Å²) in [6.07, 6.45) is 1.36. The van der Waals surface area contributed by atoms with Gasteiger partial charge in [0.2, 0.25) is 5.91 Å². The monoisotopic (exact) mass is 450 g/mol. The van der Waals surface area contributed by atoms with Crippen molar-refractivity contribution in [2.75, 3.05) is 6.61 Å². The summed E-state index contributed by atoms with van der Waals surface area (Å²) >= 11 is 0. The summed E-state index contributed by atoms with van der Waals surface area (Å²) < 4.78 is 5.64. The van der Waals surface area contributed by atoms with Crippen LogP contribution in [0.5, 0.6) is 0 Å². The Hall–Kier alpha value is -3.35. The van der Waals surface area contributed by atoms with Gasteiger partial charge in [0, 0.05) is 18.4 Å². The van der Waals surface area contributed by atoms with E-state index in [0.717, 1.165) is 35.1 Å². The number of nitrogens with one attached hydrogen (secondary N) is 2. The van der Waals surface area contributed by atoms with Crippen LogP contribution in [0.1, 0.15) is 56.6 Å². The Kier molecular flexibility index (Phi) is 6.40. The minimum absolute atomic E-state index is 0.0264. The Morgan fingerprint density at radius 1 is 1.06 bits per heavy atom. The number of aliphatic carboxylic acids is 1. The van der Waals surface area contributed by atoms with Crippen molar-refractivity contribution in [3.05, 3.63) is 59.7 Å². The Morgan fingerprint density at radius 3 is 2.18 bits per heavy atom. The van der Waals surface area contributed by atoms with Gasteiger partial charge in [-0.1, -0.05) is 48.5 Å². The summed E-state index contributed by atoms with van der Waals surface area (Å²) in [4.78, 5) is 36.6. The van der Waals surface area contributed by atoms with Crippen LogP contribution < -0.4 is 10.6 Å². The van der Waals surface area contributed by atoms with Gasteiger partial charge in [0.1, 0.15) is 12.1 Å². The standard InChI is InChI=1S/C26H30N2O5/c1-16(11-14-23(29)30)27-24(31)26(2,17-12-13-17)28-25(32)33-15-22-20-9-5-3-7-18(20)19-8-4-6-10-21(19)22/h3-10,16-17,22H,11-15H2,1-2H3,(H,27,31)(H,28,32)(H,29,30). The Balaban J connectivity index is 1.40. The van der Waals surface area contributed by atoms with Gasteiger partial charge in [-0.05, 0) is 61.3 Å². The highest BCUT2D eigenvalue weighted by molar-refractivity contribution is 5.90. The van der Waals surface area contributed by atoms with E-state index in [1.54, 1.807) is 13.8 Å². The van der Waals surface area contributed by atoms with E-state index in [4.69, 9.17) is 9.84 Å². The molecule has 2 aromatic rings. The van der Waals surface area contributed by atoms with Crippen LogP contribution in [-0.2, 0) is 14.3 Å². The molecule has 0 heterocycles. The maximum atomic E-state index is 13.0. The molecule has 174 valence electrons. The zero-order valence-corrected chi connectivity index (χ0v) is 19.0. The molecule has 0 aromatic heterocycles. The smallest absolute Gasteiger partial charge is 0.408 e. The van der Waals surface area contributed by atoms with E-state index in [2.05, 4.69) is 34.9 Å². The van der Waals surface area contributed by atoms with Crippen molar-refractivity contribution in [1.82, 2.24) is 10.6 Å². The van der Waals surface area contributed by atoms with E-state index in [-0.39, 0.29) is 36.8 Å². The van der Waals surface area contributed by atoms with Gasteiger partial charge in [0.05, 0.1) is 0 Å². The van der Waals surface area contributed by atoms with Gasteiger partial charge < -0.3 is 20.5 Å². The van der Waals surface area contributed by atoms with Crippen molar-refractivity contribution in [3.63, 3.8) is 0 Å². The second kappa shape index (κ2) is 9.25. The first-order chi connectivity index (χ1) is 15.8. The minimum Gasteiger partial charge on any atom is -0.481 e. The SMILES string of the molecule is CC(CCC(=O)O)NC(=O)C(C)(NC(=O)OCC1c2ccccc2-c2ccccc21)C1CC1. The summed E-state index contributed by atoms with van der Waals surface area (Å²) in [5, 5.41) is 14.5. The molecule has 0 saturated heterocycles. The number of benzene rings is 2. The van der Waals surface area contributed by atoms with Gasteiger partial charge in [-0.15, -0.1) is 0 Å². The molecule has 7 heteroatoms. The molecular formula is C26H30N2O5. The third kappa shape index (κ3) is 4.87. The van der Waals surface area contributed by atoms with Gasteiger partial charge in [-0.3, -0.25) is 9.59 Å². The normalized spacial score (nSPS) is 17.3. The number of hydrogen-bond donors (Lipinski definition) is 3. The van der Waals surface area contributed by atoms with Gasteiger partial charge in [-0.2, -0.15) is 0 Å². The molecule has 2 aromatic carbocycles. The number of fused-ring (bicyclic) bond motifs is 3. The predicted molar refractivity (Wildman–Crippen MR) is 124 cm³/mol. The van der Waals surface area contributed by atoms with Gasteiger partial charge in [-0.25, -0.2) is 4.79 Å². The summed E-state index contributed by atoms with van der Waals surface area (Å²) in [5.74, 6) is -1.24. The first-order valence-corrected chi connectivity index (χ1v) is 11.5. The average Bonchev–Trinajstić information content (AvgIpc) is 3.60. The van der Waals surface area contributed by atoms with Crippen molar-refractivity contribution >= 4 is 18.0 Å². The van der Waals surface area contributed by atoms with Crippen LogP contribution in [0.25, 0.3) is 11.1 Å². The summed E-state index contributed by atoms with van der Waals surface area (Å²) in [5.41, 5.74) is 3.46. The van der Waals surface area contributed by atoms with Crippen LogP contribution in [0.2, 0.25) is 0 Å². The fourth-order valence-electron chi connectivity index (χ4n) is 4.64. The summed E-state index contributed by atoms with van der Waals surface area (Å²) in [6, 6.07) is 15.9. The molecule has 7 nitrogen and oxygen atoms in total. The molecule has 1 saturated carbocycles. The number of ether oxygens (including phenoxy) is 1. The molecular weight excluding hydrogens is 420 g/mol. The van der Waals surface area contributed by atoms with Gasteiger partial charge in [0.25, 0.3) is 0 Å². The summed E-state index contributed by atoms with van der Waals surface area (Å²) in [7, 11) is 0. The van der Waals surface area contributed by atoms with E-state index < -0.39 is 17.6 Å². The van der Waals surface area contributed by atoms with Crippen molar-refractivity contribution in [3.8, 4) is 11.1 Å². The van der Waals surface area contributed by atoms with Crippen LogP contribution >= 0.6 is 0 Å². The van der Waals surface area contributed by atoms with Crippen molar-refractivity contribution < 1.29 is 24.2 Å². The molecule has 2 atom stereocenters. The number of carbonyl (C=O) groups excluding carboxylic acids is 2. The Labute approximate surface area is 193 Å². The molecule has 0 spiro atoms. The molecule has 33 heavy (non-hydrogen) atoms. The molecule has 2 aliphatic rings. The number of rotatable bonds is 9. The van der Waals surface area contributed by atoms with Crippen molar-refractivity contribution in [2.45, 2.75) is 57.0 Å². The zero-order valence-electron chi connectivity index (χ0n) is 19.0. The van der Waals surface area contributed by atoms with Crippen LogP contribution in [-0.4, -0.2) is 41.3 Å². The lowest BCUT2D eigenvalue weighted by atomic mass is 9.94. The second-order valence-electron chi connectivity index (χ2n) is 9.23. The van der Waals surface area contributed by atoms with E-state index >= 15 is 0 Å². The van der Waals surface area contributed by atoms with Crippen molar-refractivity contribution in [1.29, 1.82) is 0 Å². The minimum atomic E-state index is -1.10. The molecule has 0 radical (unpaired) electrons. The largest absolute Gasteiger partial charge is 0.481 e. The highest BCUT2D eigenvalue weighted by Crippen LogP contribution is 2.44. The number of alkyl carbamates (subject to hydrolysis) is 1. The van der Waals surface area contributed by atoms with Gasteiger partial charge in [0.15, 0.2) is 0 Å². The molecule has 1 fully saturated rings. The van der Waals surface area contributed by atoms with Crippen LogP contribution in [0.3, 0.4) is 0 Å². The van der Waals surface area contributed by atoms with E-state index in [1.165, 1.54) is 0 Å². The molecule has 4 rings (SSSR count). The Morgan fingerprint density at radius 2 is 1.64 bits per heavy atom. The summed E-state index contributed by atoms with van der Waals surface area (Å²) in [6.45, 7) is 3.66. The van der Waals surface area contributed by atoms with Crippen LogP contribution in [0.4, 0.5) is 4.79 Å². The highest BCUT2D eigenvalue weighted by Gasteiger charge is 2.49. The predicted octanol–water partition coefficient (Wildman–Crippen LogP) is 4.06. The first kappa shape index (κ1) is 22.8. The van der Waals surface area contributed by atoms with E-state index in [0.29, 0.717) is 6.42 Å². The zero-order chi connectivity index (χ0) is 23.6. The molecule has 0 aliphatic heterocycles. The molecule has 0 bridgehead atoms. The lowest BCUT2D eigenvalue weighted by molar-refractivity contribution is -0.137. The first-order valence-electron chi connectivity index (χ1n) is 11.5. The lowest BCUT2D eigenvalue weighted by Crippen LogP contribution is -2.59. The number of carbonyl (C=O) groups is 3. The average molecular weight is 451 g/mol.